The van der Waals surface area contributed by atoms with Crippen LogP contribution in [-0.2, 0) is 9.84 Å². The Morgan fingerprint density at radius 2 is 2.14 bits per heavy atom. The van der Waals surface area contributed by atoms with E-state index in [-0.39, 0.29) is 11.7 Å². The molecular weight excluding hydrogens is 264 g/mol. The highest BCUT2D eigenvalue weighted by Gasteiger charge is 2.22. The van der Waals surface area contributed by atoms with E-state index in [0.717, 1.165) is 10.0 Å². The maximum Gasteiger partial charge on any atom is 0.172 e. The molecule has 2 nitrogen and oxygen atoms in total. The third-order valence-electron chi connectivity index (χ3n) is 2.21. The molecule has 4 heteroatoms. The summed E-state index contributed by atoms with van der Waals surface area (Å²) in [5.74, 6) is 0.209. The first-order valence-electron chi connectivity index (χ1n) is 4.23. The fourth-order valence-corrected chi connectivity index (χ4v) is 3.28. The number of hydrogen-bond acceptors (Lipinski definition) is 2. The molecular formula is C10H9BrO2S. The molecule has 0 fully saturated rings. The van der Waals surface area contributed by atoms with Crippen LogP contribution in [0.25, 0.3) is 0 Å². The van der Waals surface area contributed by atoms with Crippen LogP contribution in [0.5, 0.6) is 0 Å². The zero-order valence-electron chi connectivity index (χ0n) is 7.35. The molecule has 0 bridgehead atoms. The summed E-state index contributed by atoms with van der Waals surface area (Å²) in [5.41, 5.74) is 1.04. The Morgan fingerprint density at radius 3 is 2.71 bits per heavy atom. The van der Waals surface area contributed by atoms with Crippen molar-refractivity contribution in [2.24, 2.45) is 0 Å². The minimum absolute atomic E-state index is 0.0116. The average molecular weight is 273 g/mol. The fraction of sp³-hybridized carbons (Fsp3) is 0.200. The number of hydrogen-bond donors (Lipinski definition) is 0. The quantitative estimate of drug-likeness (QED) is 0.787. The zero-order valence-corrected chi connectivity index (χ0v) is 9.75. The molecule has 1 atom stereocenters. The topological polar surface area (TPSA) is 34.1 Å². The van der Waals surface area contributed by atoms with Crippen molar-refractivity contribution in [2.45, 2.75) is 5.92 Å². The van der Waals surface area contributed by atoms with E-state index in [2.05, 4.69) is 15.9 Å². The molecule has 2 rings (SSSR count). The van der Waals surface area contributed by atoms with Gasteiger partial charge in [-0.2, -0.15) is 0 Å². The molecule has 1 heterocycles. The Balaban J connectivity index is 2.31. The van der Waals surface area contributed by atoms with E-state index in [0.29, 0.717) is 0 Å². The van der Waals surface area contributed by atoms with Crippen LogP contribution >= 0.6 is 15.9 Å². The summed E-state index contributed by atoms with van der Waals surface area (Å²) in [7, 11) is -2.95. The van der Waals surface area contributed by atoms with Gasteiger partial charge in [0, 0.05) is 15.8 Å². The minimum atomic E-state index is -2.95. The summed E-state index contributed by atoms with van der Waals surface area (Å²) in [6.07, 6.45) is 1.75. The highest BCUT2D eigenvalue weighted by Crippen LogP contribution is 2.27. The van der Waals surface area contributed by atoms with Gasteiger partial charge in [0.2, 0.25) is 0 Å². The first-order valence-corrected chi connectivity index (χ1v) is 6.74. The molecule has 14 heavy (non-hydrogen) atoms. The van der Waals surface area contributed by atoms with Crippen molar-refractivity contribution in [1.29, 1.82) is 0 Å². The van der Waals surface area contributed by atoms with Crippen LogP contribution in [-0.4, -0.2) is 14.2 Å². The van der Waals surface area contributed by atoms with Gasteiger partial charge in [-0.25, -0.2) is 8.42 Å². The molecule has 1 aromatic rings. The summed E-state index contributed by atoms with van der Waals surface area (Å²) < 4.78 is 23.4. The second-order valence-corrected chi connectivity index (χ2v) is 6.17. The molecule has 0 radical (unpaired) electrons. The molecule has 0 saturated carbocycles. The number of sulfone groups is 1. The van der Waals surface area contributed by atoms with Gasteiger partial charge >= 0.3 is 0 Å². The Morgan fingerprint density at radius 1 is 1.36 bits per heavy atom. The first kappa shape index (κ1) is 9.93. The van der Waals surface area contributed by atoms with Gasteiger partial charge in [-0.1, -0.05) is 34.1 Å². The molecule has 0 amide bonds. The number of halogens is 1. The predicted molar refractivity (Wildman–Crippen MR) is 59.8 cm³/mol. The number of benzene rings is 1. The van der Waals surface area contributed by atoms with Crippen LogP contribution in [0.15, 0.2) is 40.2 Å². The zero-order chi connectivity index (χ0) is 10.2. The smallest absolute Gasteiger partial charge is 0.172 e. The highest BCUT2D eigenvalue weighted by molar-refractivity contribution is 9.10. The van der Waals surface area contributed by atoms with Crippen LogP contribution in [0.1, 0.15) is 11.5 Å². The van der Waals surface area contributed by atoms with E-state index in [4.69, 9.17) is 0 Å². The lowest BCUT2D eigenvalue weighted by Gasteiger charge is -2.06. The summed E-state index contributed by atoms with van der Waals surface area (Å²) in [5, 5.41) is 1.30. The van der Waals surface area contributed by atoms with E-state index in [1.165, 1.54) is 5.41 Å². The Kier molecular flexibility index (Phi) is 2.49. The van der Waals surface area contributed by atoms with Crippen LogP contribution in [0.3, 0.4) is 0 Å². The molecule has 1 aliphatic rings. The lowest BCUT2D eigenvalue weighted by atomic mass is 10.0. The predicted octanol–water partition coefficient (Wildman–Crippen LogP) is 2.47. The molecule has 1 unspecified atom stereocenters. The Labute approximate surface area is 91.7 Å². The number of rotatable bonds is 1. The average Bonchev–Trinajstić information content (AvgIpc) is 2.46. The van der Waals surface area contributed by atoms with E-state index in [1.807, 2.05) is 24.3 Å². The second kappa shape index (κ2) is 3.51. The summed E-state index contributed by atoms with van der Waals surface area (Å²) in [6.45, 7) is 0. The van der Waals surface area contributed by atoms with Gasteiger partial charge < -0.3 is 0 Å². The van der Waals surface area contributed by atoms with Crippen LogP contribution in [0.4, 0.5) is 0 Å². The molecule has 74 valence electrons. The molecule has 1 aliphatic heterocycles. The summed E-state index contributed by atoms with van der Waals surface area (Å²) >= 11 is 3.36. The molecule has 0 aromatic heterocycles. The summed E-state index contributed by atoms with van der Waals surface area (Å²) in [4.78, 5) is 0. The Hall–Kier alpha value is -0.610. The molecule has 1 aromatic carbocycles. The SMILES string of the molecule is O=S1(=O)C=CC(c2cccc(Br)c2)C1. The van der Waals surface area contributed by atoms with Crippen molar-refractivity contribution in [3.05, 3.63) is 45.8 Å². The lowest BCUT2D eigenvalue weighted by Crippen LogP contribution is -2.03. The lowest BCUT2D eigenvalue weighted by molar-refractivity contribution is 0.604. The van der Waals surface area contributed by atoms with E-state index in [1.54, 1.807) is 6.08 Å². The third kappa shape index (κ3) is 2.07. The maximum absolute atomic E-state index is 11.2. The monoisotopic (exact) mass is 272 g/mol. The van der Waals surface area contributed by atoms with Gasteiger partial charge in [-0.05, 0) is 17.7 Å². The second-order valence-electron chi connectivity index (χ2n) is 3.32. The van der Waals surface area contributed by atoms with Crippen molar-refractivity contribution >= 4 is 25.8 Å². The first-order chi connectivity index (χ1) is 6.57. The maximum atomic E-state index is 11.2. The molecule has 0 saturated heterocycles. The highest BCUT2D eigenvalue weighted by atomic mass is 79.9. The molecule has 0 N–H and O–H groups in total. The van der Waals surface area contributed by atoms with Gasteiger partial charge in [-0.3, -0.25) is 0 Å². The number of allylic oxidation sites excluding steroid dienone is 1. The molecule has 0 aliphatic carbocycles. The Bertz CT molecular complexity index is 477. The minimum Gasteiger partial charge on any atom is -0.224 e. The molecule has 0 spiro atoms. The van der Waals surface area contributed by atoms with Crippen LogP contribution in [0, 0.1) is 0 Å². The van der Waals surface area contributed by atoms with E-state index >= 15 is 0 Å². The van der Waals surface area contributed by atoms with Crippen molar-refractivity contribution in [3.63, 3.8) is 0 Å². The van der Waals surface area contributed by atoms with E-state index < -0.39 is 9.84 Å². The standard InChI is InChI=1S/C10H9BrO2S/c11-10-3-1-2-8(6-10)9-4-5-14(12,13)7-9/h1-6,9H,7H2. The van der Waals surface area contributed by atoms with Crippen LogP contribution in [0.2, 0.25) is 0 Å². The van der Waals surface area contributed by atoms with Crippen molar-refractivity contribution in [1.82, 2.24) is 0 Å². The van der Waals surface area contributed by atoms with Gasteiger partial charge in [0.05, 0.1) is 5.75 Å². The van der Waals surface area contributed by atoms with Crippen LogP contribution < -0.4 is 0 Å². The van der Waals surface area contributed by atoms with Gasteiger partial charge in [0.1, 0.15) is 0 Å². The van der Waals surface area contributed by atoms with Crippen molar-refractivity contribution in [2.75, 3.05) is 5.75 Å². The van der Waals surface area contributed by atoms with E-state index in [9.17, 15) is 8.42 Å². The fourth-order valence-electron chi connectivity index (χ4n) is 1.52. The third-order valence-corrected chi connectivity index (χ3v) is 4.10. The van der Waals surface area contributed by atoms with Gasteiger partial charge in [0.25, 0.3) is 0 Å². The normalized spacial score (nSPS) is 23.9. The largest absolute Gasteiger partial charge is 0.224 e. The van der Waals surface area contributed by atoms with Crippen molar-refractivity contribution in [3.8, 4) is 0 Å². The van der Waals surface area contributed by atoms with Crippen molar-refractivity contribution < 1.29 is 8.42 Å². The van der Waals surface area contributed by atoms with Gasteiger partial charge in [0.15, 0.2) is 9.84 Å². The summed E-state index contributed by atoms with van der Waals surface area (Å²) in [6, 6.07) is 7.74. The van der Waals surface area contributed by atoms with Gasteiger partial charge in [-0.15, -0.1) is 0 Å².